The number of nitrogens with one attached hydrogen (secondary N) is 1. The lowest BCUT2D eigenvalue weighted by atomic mass is 10.3. The molecule has 0 spiro atoms. The molecule has 3 N–H and O–H groups in total. The first-order chi connectivity index (χ1) is 5.34. The molecule has 11 heavy (non-hydrogen) atoms. The molecule has 0 aromatic heterocycles. The van der Waals surface area contributed by atoms with Gasteiger partial charge in [0.05, 0.1) is 10.7 Å². The number of hydrogen-bond donors (Lipinski definition) is 2. The van der Waals surface area contributed by atoms with Crippen LogP contribution < -0.4 is 11.3 Å². The molecule has 0 amide bonds. The van der Waals surface area contributed by atoms with Gasteiger partial charge in [-0.25, -0.2) is 0 Å². The highest BCUT2D eigenvalue weighted by atomic mass is 35.5. The van der Waals surface area contributed by atoms with Crippen LogP contribution in [0.15, 0.2) is 24.3 Å². The maximum atomic E-state index is 5.68. The Labute approximate surface area is 72.3 Å². The average Bonchev–Trinajstić information content (AvgIpc) is 2.09. The van der Waals surface area contributed by atoms with E-state index < -0.39 is 0 Å². The molecule has 0 unspecified atom stereocenters. The van der Waals surface area contributed by atoms with Crippen molar-refractivity contribution >= 4 is 17.3 Å². The summed E-state index contributed by atoms with van der Waals surface area (Å²) in [6, 6.07) is 7.29. The number of anilines is 1. The first kappa shape index (κ1) is 10.3. The minimum Gasteiger partial charge on any atom is -0.323 e. The van der Waals surface area contributed by atoms with Crippen LogP contribution in [0, 0.1) is 0 Å². The van der Waals surface area contributed by atoms with E-state index in [-0.39, 0.29) is 0 Å². The van der Waals surface area contributed by atoms with Crippen LogP contribution in [0.2, 0.25) is 5.02 Å². The number of nitrogens with two attached hydrogens (primary N) is 1. The minimum absolute atomic E-state index is 0.639. The van der Waals surface area contributed by atoms with Gasteiger partial charge >= 0.3 is 0 Å². The summed E-state index contributed by atoms with van der Waals surface area (Å²) in [6.45, 7) is 4.00. The van der Waals surface area contributed by atoms with E-state index in [2.05, 4.69) is 5.43 Å². The van der Waals surface area contributed by atoms with E-state index in [4.69, 9.17) is 17.4 Å². The van der Waals surface area contributed by atoms with Crippen LogP contribution in [0.4, 0.5) is 5.69 Å². The second-order valence-electron chi connectivity index (χ2n) is 1.62. The Kier molecular flexibility index (Phi) is 5.61. The summed E-state index contributed by atoms with van der Waals surface area (Å²) in [5.74, 6) is 5.12. The zero-order valence-corrected chi connectivity index (χ0v) is 7.52. The molecule has 1 aromatic rings. The summed E-state index contributed by atoms with van der Waals surface area (Å²) in [5.41, 5.74) is 3.21. The van der Waals surface area contributed by atoms with Crippen molar-refractivity contribution in [2.75, 3.05) is 5.43 Å². The van der Waals surface area contributed by atoms with Crippen LogP contribution in [0.3, 0.4) is 0 Å². The molecule has 1 aromatic carbocycles. The fourth-order valence-electron chi connectivity index (χ4n) is 0.578. The molecular weight excluding hydrogens is 160 g/mol. The summed E-state index contributed by atoms with van der Waals surface area (Å²) in [6.07, 6.45) is 0. The predicted molar refractivity (Wildman–Crippen MR) is 50.6 cm³/mol. The lowest BCUT2D eigenvalue weighted by molar-refractivity contribution is 1.35. The number of hydrogen-bond acceptors (Lipinski definition) is 2. The van der Waals surface area contributed by atoms with Crippen LogP contribution in [0.1, 0.15) is 13.8 Å². The number of nitrogen functional groups attached to an aromatic ring is 1. The van der Waals surface area contributed by atoms with Crippen LogP contribution in [0.5, 0.6) is 0 Å². The molecule has 0 saturated carbocycles. The number of rotatable bonds is 1. The van der Waals surface area contributed by atoms with Gasteiger partial charge in [0.1, 0.15) is 0 Å². The molecule has 0 fully saturated rings. The van der Waals surface area contributed by atoms with Crippen LogP contribution in [-0.4, -0.2) is 0 Å². The Balaban J connectivity index is 0.000000461. The SMILES string of the molecule is CC.NNc1ccccc1Cl. The molecule has 0 saturated heterocycles. The van der Waals surface area contributed by atoms with E-state index in [0.29, 0.717) is 5.02 Å². The van der Waals surface area contributed by atoms with Gasteiger partial charge in [-0.2, -0.15) is 0 Å². The van der Waals surface area contributed by atoms with Gasteiger partial charge in [0.15, 0.2) is 0 Å². The van der Waals surface area contributed by atoms with E-state index in [1.54, 1.807) is 6.07 Å². The highest BCUT2D eigenvalue weighted by Crippen LogP contribution is 2.18. The smallest absolute Gasteiger partial charge is 0.0671 e. The van der Waals surface area contributed by atoms with Gasteiger partial charge < -0.3 is 5.43 Å². The molecule has 1 rings (SSSR count). The standard InChI is InChI=1S/C6H7ClN2.C2H6/c7-5-3-1-2-4-6(5)9-8;1-2/h1-4,9H,8H2;1-2H3. The van der Waals surface area contributed by atoms with Gasteiger partial charge in [0.2, 0.25) is 0 Å². The number of halogens is 1. The zero-order valence-electron chi connectivity index (χ0n) is 6.76. The first-order valence-corrected chi connectivity index (χ1v) is 3.93. The number of para-hydroxylation sites is 1. The van der Waals surface area contributed by atoms with Crippen molar-refractivity contribution < 1.29 is 0 Å². The molecule has 0 aliphatic heterocycles. The Hall–Kier alpha value is -0.730. The maximum absolute atomic E-state index is 5.68. The fourth-order valence-corrected chi connectivity index (χ4v) is 0.769. The average molecular weight is 173 g/mol. The Morgan fingerprint density at radius 1 is 1.27 bits per heavy atom. The van der Waals surface area contributed by atoms with Crippen molar-refractivity contribution in [3.05, 3.63) is 29.3 Å². The summed E-state index contributed by atoms with van der Waals surface area (Å²) in [7, 11) is 0. The molecule has 2 nitrogen and oxygen atoms in total. The third kappa shape index (κ3) is 3.25. The fraction of sp³-hybridized carbons (Fsp3) is 0.250. The normalized spacial score (nSPS) is 8.00. The van der Waals surface area contributed by atoms with Crippen molar-refractivity contribution in [2.45, 2.75) is 13.8 Å². The second-order valence-corrected chi connectivity index (χ2v) is 2.03. The molecule has 0 heterocycles. The first-order valence-electron chi connectivity index (χ1n) is 3.56. The van der Waals surface area contributed by atoms with E-state index in [1.165, 1.54) is 0 Å². The summed E-state index contributed by atoms with van der Waals surface area (Å²) in [4.78, 5) is 0. The van der Waals surface area contributed by atoms with Crippen molar-refractivity contribution in [3.63, 3.8) is 0 Å². The van der Waals surface area contributed by atoms with Gasteiger partial charge in [-0.05, 0) is 12.1 Å². The third-order valence-corrected chi connectivity index (χ3v) is 1.36. The molecule has 0 atom stereocenters. The largest absolute Gasteiger partial charge is 0.323 e. The molecule has 0 bridgehead atoms. The number of benzene rings is 1. The Morgan fingerprint density at radius 3 is 2.18 bits per heavy atom. The lowest BCUT2D eigenvalue weighted by Crippen LogP contribution is -2.06. The summed E-state index contributed by atoms with van der Waals surface area (Å²) in [5, 5.41) is 0.639. The third-order valence-electron chi connectivity index (χ3n) is 1.03. The molecule has 62 valence electrons. The highest BCUT2D eigenvalue weighted by Gasteiger charge is 1.91. The molecule has 0 radical (unpaired) electrons. The monoisotopic (exact) mass is 172 g/mol. The number of hydrazine groups is 1. The molecule has 0 aliphatic carbocycles. The van der Waals surface area contributed by atoms with Crippen LogP contribution in [-0.2, 0) is 0 Å². The molecule has 0 aliphatic rings. The van der Waals surface area contributed by atoms with Gasteiger partial charge in [0.25, 0.3) is 0 Å². The van der Waals surface area contributed by atoms with Crippen molar-refractivity contribution in [1.82, 2.24) is 0 Å². The molecule has 3 heteroatoms. The highest BCUT2D eigenvalue weighted by molar-refractivity contribution is 6.33. The quantitative estimate of drug-likeness (QED) is 0.505. The minimum atomic E-state index is 0.639. The van der Waals surface area contributed by atoms with Gasteiger partial charge in [-0.3, -0.25) is 5.84 Å². The van der Waals surface area contributed by atoms with E-state index in [9.17, 15) is 0 Å². The second kappa shape index (κ2) is 6.01. The van der Waals surface area contributed by atoms with Gasteiger partial charge in [-0.1, -0.05) is 37.6 Å². The van der Waals surface area contributed by atoms with E-state index >= 15 is 0 Å². The Bertz CT molecular complexity index is 201. The van der Waals surface area contributed by atoms with Gasteiger partial charge in [0, 0.05) is 0 Å². The van der Waals surface area contributed by atoms with Crippen molar-refractivity contribution in [1.29, 1.82) is 0 Å². The molecular formula is C8H13ClN2. The van der Waals surface area contributed by atoms with Crippen LogP contribution >= 0.6 is 11.6 Å². The van der Waals surface area contributed by atoms with Crippen molar-refractivity contribution in [2.24, 2.45) is 5.84 Å². The topological polar surface area (TPSA) is 38.0 Å². The predicted octanol–water partition coefficient (Wildman–Crippen LogP) is 2.65. The van der Waals surface area contributed by atoms with E-state index in [0.717, 1.165) is 5.69 Å². The van der Waals surface area contributed by atoms with Crippen LogP contribution in [0.25, 0.3) is 0 Å². The summed E-state index contributed by atoms with van der Waals surface area (Å²) < 4.78 is 0. The maximum Gasteiger partial charge on any atom is 0.0671 e. The Morgan fingerprint density at radius 2 is 1.82 bits per heavy atom. The van der Waals surface area contributed by atoms with Crippen molar-refractivity contribution in [3.8, 4) is 0 Å². The van der Waals surface area contributed by atoms with Gasteiger partial charge in [-0.15, -0.1) is 0 Å². The zero-order chi connectivity index (χ0) is 8.69. The van der Waals surface area contributed by atoms with E-state index in [1.807, 2.05) is 32.0 Å². The summed E-state index contributed by atoms with van der Waals surface area (Å²) >= 11 is 5.68. The lowest BCUT2D eigenvalue weighted by Gasteiger charge is -1.99.